The molecule has 2 fully saturated rings. The molecule has 0 amide bonds. The molecule has 0 radical (unpaired) electrons. The standard InChI is InChI=1S/C26H32N6/c1-15(2)21-11-23-24(12-22(21)18-10-16(3)26-27-14-28-32(26)13-18)30-31-25(23)17-4-6-19(7-5-17)29-20-8-9-20/h10-15,17,19-20,29H,4-9H2,1-3H3,(H,30,31). The first-order valence-electron chi connectivity index (χ1n) is 12.1. The Morgan fingerprint density at radius 3 is 2.50 bits per heavy atom. The molecule has 0 unspecified atom stereocenters. The number of aromatic nitrogens is 5. The van der Waals surface area contributed by atoms with Gasteiger partial charge in [-0.15, -0.1) is 0 Å². The van der Waals surface area contributed by atoms with Crippen molar-refractivity contribution in [2.24, 2.45) is 0 Å². The summed E-state index contributed by atoms with van der Waals surface area (Å²) in [6.45, 7) is 6.65. The molecule has 2 aliphatic rings. The Hall–Kier alpha value is -2.73. The number of fused-ring (bicyclic) bond motifs is 2. The summed E-state index contributed by atoms with van der Waals surface area (Å²) in [6, 6.07) is 8.39. The van der Waals surface area contributed by atoms with E-state index < -0.39 is 0 Å². The highest BCUT2D eigenvalue weighted by Gasteiger charge is 2.29. The van der Waals surface area contributed by atoms with Gasteiger partial charge in [-0.1, -0.05) is 13.8 Å². The van der Waals surface area contributed by atoms with E-state index in [0.29, 0.717) is 17.9 Å². The molecule has 32 heavy (non-hydrogen) atoms. The van der Waals surface area contributed by atoms with E-state index in [1.807, 2.05) is 4.52 Å². The number of aryl methyl sites for hydroxylation is 1. The first-order valence-corrected chi connectivity index (χ1v) is 12.1. The Bertz CT molecular complexity index is 1270. The maximum atomic E-state index is 4.76. The monoisotopic (exact) mass is 428 g/mol. The van der Waals surface area contributed by atoms with Crippen molar-refractivity contribution < 1.29 is 0 Å². The molecule has 6 rings (SSSR count). The van der Waals surface area contributed by atoms with Crippen molar-refractivity contribution in [3.05, 3.63) is 47.5 Å². The maximum absolute atomic E-state index is 4.76. The third-order valence-corrected chi connectivity index (χ3v) is 7.43. The number of nitrogens with one attached hydrogen (secondary N) is 2. The molecular formula is C26H32N6. The van der Waals surface area contributed by atoms with E-state index in [1.54, 1.807) is 6.33 Å². The van der Waals surface area contributed by atoms with E-state index in [9.17, 15) is 0 Å². The molecule has 1 aromatic carbocycles. The minimum Gasteiger partial charge on any atom is -0.311 e. The van der Waals surface area contributed by atoms with Gasteiger partial charge in [-0.05, 0) is 86.3 Å². The van der Waals surface area contributed by atoms with Gasteiger partial charge in [0.2, 0.25) is 0 Å². The molecule has 0 aliphatic heterocycles. The fraction of sp³-hybridized carbons (Fsp3) is 0.500. The summed E-state index contributed by atoms with van der Waals surface area (Å²) in [5.74, 6) is 0.999. The van der Waals surface area contributed by atoms with Crippen LogP contribution in [0.4, 0.5) is 0 Å². The zero-order chi connectivity index (χ0) is 21.8. The van der Waals surface area contributed by atoms with Gasteiger partial charge in [0.15, 0.2) is 5.65 Å². The average Bonchev–Trinajstić information content (AvgIpc) is 3.30. The van der Waals surface area contributed by atoms with E-state index in [1.165, 1.54) is 66.3 Å². The smallest absolute Gasteiger partial charge is 0.158 e. The van der Waals surface area contributed by atoms with Gasteiger partial charge >= 0.3 is 0 Å². The lowest BCUT2D eigenvalue weighted by Crippen LogP contribution is -2.34. The van der Waals surface area contributed by atoms with Crippen LogP contribution in [-0.2, 0) is 0 Å². The topological polar surface area (TPSA) is 70.9 Å². The van der Waals surface area contributed by atoms with Crippen molar-refractivity contribution in [3.8, 4) is 11.1 Å². The summed E-state index contributed by atoms with van der Waals surface area (Å²) in [4.78, 5) is 4.37. The van der Waals surface area contributed by atoms with E-state index in [4.69, 9.17) is 5.10 Å². The van der Waals surface area contributed by atoms with Crippen molar-refractivity contribution in [2.75, 3.05) is 0 Å². The first kappa shape index (κ1) is 19.9. The predicted molar refractivity (Wildman–Crippen MR) is 128 cm³/mol. The fourth-order valence-electron chi connectivity index (χ4n) is 5.51. The zero-order valence-corrected chi connectivity index (χ0v) is 19.2. The lowest BCUT2D eigenvalue weighted by atomic mass is 9.82. The van der Waals surface area contributed by atoms with E-state index in [0.717, 1.165) is 22.8 Å². The van der Waals surface area contributed by atoms with Gasteiger partial charge < -0.3 is 5.32 Å². The number of pyridine rings is 1. The van der Waals surface area contributed by atoms with Crippen LogP contribution >= 0.6 is 0 Å². The second-order valence-corrected chi connectivity index (χ2v) is 10.2. The van der Waals surface area contributed by atoms with Gasteiger partial charge in [0, 0.05) is 40.8 Å². The van der Waals surface area contributed by atoms with Crippen LogP contribution in [0.15, 0.2) is 30.7 Å². The molecule has 6 nitrogen and oxygen atoms in total. The third kappa shape index (κ3) is 3.51. The molecule has 0 saturated heterocycles. The molecule has 0 bridgehead atoms. The van der Waals surface area contributed by atoms with Crippen LogP contribution in [0.5, 0.6) is 0 Å². The quantitative estimate of drug-likeness (QED) is 0.441. The summed E-state index contributed by atoms with van der Waals surface area (Å²) < 4.78 is 1.88. The van der Waals surface area contributed by atoms with E-state index in [2.05, 4.69) is 65.7 Å². The lowest BCUT2D eigenvalue weighted by Gasteiger charge is -2.29. The highest BCUT2D eigenvalue weighted by molar-refractivity contribution is 5.89. The fourth-order valence-corrected chi connectivity index (χ4v) is 5.51. The van der Waals surface area contributed by atoms with Crippen molar-refractivity contribution in [1.29, 1.82) is 0 Å². The number of hydrogen-bond acceptors (Lipinski definition) is 4. The summed E-state index contributed by atoms with van der Waals surface area (Å²) in [6.07, 6.45) is 11.5. The molecule has 0 spiro atoms. The number of benzene rings is 1. The Kier molecular flexibility index (Phi) is 4.79. The highest BCUT2D eigenvalue weighted by atomic mass is 15.3. The van der Waals surface area contributed by atoms with Gasteiger partial charge in [0.1, 0.15) is 6.33 Å². The molecule has 166 valence electrons. The van der Waals surface area contributed by atoms with Crippen LogP contribution in [0.25, 0.3) is 27.7 Å². The number of rotatable bonds is 5. The molecule has 2 saturated carbocycles. The van der Waals surface area contributed by atoms with Crippen molar-refractivity contribution in [2.45, 2.75) is 83.2 Å². The van der Waals surface area contributed by atoms with Gasteiger partial charge in [-0.2, -0.15) is 10.2 Å². The van der Waals surface area contributed by atoms with Crippen molar-refractivity contribution >= 4 is 16.6 Å². The molecule has 2 N–H and O–H groups in total. The normalized spacial score (nSPS) is 21.8. The van der Waals surface area contributed by atoms with E-state index >= 15 is 0 Å². The minimum absolute atomic E-state index is 0.419. The number of nitrogens with zero attached hydrogens (tertiary/aromatic N) is 4. The lowest BCUT2D eigenvalue weighted by molar-refractivity contribution is 0.338. The van der Waals surface area contributed by atoms with Crippen LogP contribution in [0.3, 0.4) is 0 Å². The van der Waals surface area contributed by atoms with E-state index in [-0.39, 0.29) is 0 Å². The molecule has 4 aromatic rings. The molecule has 2 aliphatic carbocycles. The van der Waals surface area contributed by atoms with Crippen LogP contribution in [-0.4, -0.2) is 36.9 Å². The summed E-state index contributed by atoms with van der Waals surface area (Å²) in [5, 5.41) is 17.7. The summed E-state index contributed by atoms with van der Waals surface area (Å²) in [5.41, 5.74) is 8.22. The second-order valence-electron chi connectivity index (χ2n) is 10.2. The number of H-pyrrole nitrogens is 1. The van der Waals surface area contributed by atoms with Crippen LogP contribution in [0, 0.1) is 6.92 Å². The Morgan fingerprint density at radius 1 is 1.03 bits per heavy atom. The Labute approximate surface area is 188 Å². The van der Waals surface area contributed by atoms with Crippen molar-refractivity contribution in [3.63, 3.8) is 0 Å². The Morgan fingerprint density at radius 2 is 1.78 bits per heavy atom. The second kappa shape index (κ2) is 7.69. The highest BCUT2D eigenvalue weighted by Crippen LogP contribution is 2.39. The third-order valence-electron chi connectivity index (χ3n) is 7.43. The molecular weight excluding hydrogens is 396 g/mol. The largest absolute Gasteiger partial charge is 0.311 e. The summed E-state index contributed by atoms with van der Waals surface area (Å²) >= 11 is 0. The molecule has 0 atom stereocenters. The van der Waals surface area contributed by atoms with Crippen LogP contribution < -0.4 is 5.32 Å². The SMILES string of the molecule is Cc1cc(-c2cc3n[nH]c(C4CCC(NC5CC5)CC4)c3cc2C(C)C)cn2ncnc12. The van der Waals surface area contributed by atoms with Crippen LogP contribution in [0.1, 0.15) is 81.0 Å². The van der Waals surface area contributed by atoms with Gasteiger partial charge in [-0.25, -0.2) is 9.50 Å². The number of hydrogen-bond donors (Lipinski definition) is 2. The van der Waals surface area contributed by atoms with Gasteiger partial charge in [0.25, 0.3) is 0 Å². The molecule has 3 aromatic heterocycles. The van der Waals surface area contributed by atoms with Gasteiger partial charge in [0.05, 0.1) is 5.52 Å². The minimum atomic E-state index is 0.419. The molecule has 3 heterocycles. The Balaban J connectivity index is 1.36. The van der Waals surface area contributed by atoms with Gasteiger partial charge in [-0.3, -0.25) is 5.10 Å². The number of aromatic amines is 1. The zero-order valence-electron chi connectivity index (χ0n) is 19.2. The average molecular weight is 429 g/mol. The summed E-state index contributed by atoms with van der Waals surface area (Å²) in [7, 11) is 0. The maximum Gasteiger partial charge on any atom is 0.158 e. The van der Waals surface area contributed by atoms with Crippen molar-refractivity contribution in [1.82, 2.24) is 30.1 Å². The van der Waals surface area contributed by atoms with Crippen LogP contribution in [0.2, 0.25) is 0 Å². The molecule has 6 heteroatoms. The first-order chi connectivity index (χ1) is 15.6. The predicted octanol–water partition coefficient (Wildman–Crippen LogP) is 5.48.